The van der Waals surface area contributed by atoms with E-state index in [-0.39, 0.29) is 20.5 Å². The van der Waals surface area contributed by atoms with Crippen molar-refractivity contribution < 1.29 is 18.3 Å². The Kier molecular flexibility index (Phi) is 4.82. The normalized spacial score (nSPS) is 19.9. The summed E-state index contributed by atoms with van der Waals surface area (Å²) in [5.41, 5.74) is -0.272. The average Bonchev–Trinajstić information content (AvgIpc) is 2.87. The van der Waals surface area contributed by atoms with Crippen LogP contribution in [0.25, 0.3) is 0 Å². The molecule has 0 bridgehead atoms. The molecule has 1 saturated heterocycles. The van der Waals surface area contributed by atoms with Crippen LogP contribution in [0.4, 0.5) is 0 Å². The van der Waals surface area contributed by atoms with Crippen LogP contribution in [0.3, 0.4) is 0 Å². The molecule has 1 unspecified atom stereocenters. The van der Waals surface area contributed by atoms with Gasteiger partial charge in [-0.25, -0.2) is 13.2 Å². The number of carbonyl (C=O) groups is 1. The SMILES string of the molecule is CCC1CCN(S(=O)(=O)c2cc(C(=O)O)c(Cl)cc2Cl)C1. The Hall–Kier alpha value is -0.820. The lowest BCUT2D eigenvalue weighted by Crippen LogP contribution is -2.29. The van der Waals surface area contributed by atoms with E-state index < -0.39 is 16.0 Å². The summed E-state index contributed by atoms with van der Waals surface area (Å²) in [7, 11) is -3.81. The van der Waals surface area contributed by atoms with Crippen LogP contribution in [-0.4, -0.2) is 36.9 Å². The van der Waals surface area contributed by atoms with Gasteiger partial charge in [0.15, 0.2) is 0 Å². The highest BCUT2D eigenvalue weighted by Crippen LogP contribution is 2.33. The van der Waals surface area contributed by atoms with Crippen LogP contribution in [-0.2, 0) is 10.0 Å². The molecule has 5 nitrogen and oxygen atoms in total. The summed E-state index contributed by atoms with van der Waals surface area (Å²) in [6.07, 6.45) is 1.70. The van der Waals surface area contributed by atoms with Gasteiger partial charge < -0.3 is 5.11 Å². The molecule has 0 amide bonds. The maximum absolute atomic E-state index is 12.6. The lowest BCUT2D eigenvalue weighted by atomic mass is 10.1. The van der Waals surface area contributed by atoms with Crippen molar-refractivity contribution in [1.82, 2.24) is 4.31 Å². The highest BCUT2D eigenvalue weighted by molar-refractivity contribution is 7.89. The lowest BCUT2D eigenvalue weighted by Gasteiger charge is -2.18. The molecule has 0 saturated carbocycles. The first-order valence-corrected chi connectivity index (χ1v) is 8.69. The second-order valence-electron chi connectivity index (χ2n) is 4.99. The van der Waals surface area contributed by atoms with Gasteiger partial charge in [-0.1, -0.05) is 36.5 Å². The second-order valence-corrected chi connectivity index (χ2v) is 7.71. The van der Waals surface area contributed by atoms with Crippen molar-refractivity contribution in [3.63, 3.8) is 0 Å². The van der Waals surface area contributed by atoms with Crippen LogP contribution in [0.2, 0.25) is 10.0 Å². The van der Waals surface area contributed by atoms with Crippen molar-refractivity contribution in [2.45, 2.75) is 24.7 Å². The molecule has 8 heteroatoms. The number of aromatic carboxylic acids is 1. The molecule has 21 heavy (non-hydrogen) atoms. The Morgan fingerprint density at radius 2 is 2.05 bits per heavy atom. The molecule has 116 valence electrons. The summed E-state index contributed by atoms with van der Waals surface area (Å²) in [4.78, 5) is 10.9. The van der Waals surface area contributed by atoms with Gasteiger partial charge in [-0.05, 0) is 24.5 Å². The predicted molar refractivity (Wildman–Crippen MR) is 80.6 cm³/mol. The van der Waals surface area contributed by atoms with Crippen LogP contribution in [0.5, 0.6) is 0 Å². The van der Waals surface area contributed by atoms with Gasteiger partial charge in [0.05, 0.1) is 15.6 Å². The van der Waals surface area contributed by atoms with E-state index in [4.69, 9.17) is 28.3 Å². The van der Waals surface area contributed by atoms with Gasteiger partial charge in [0, 0.05) is 13.1 Å². The van der Waals surface area contributed by atoms with Crippen molar-refractivity contribution in [2.75, 3.05) is 13.1 Å². The van der Waals surface area contributed by atoms with Gasteiger partial charge in [-0.15, -0.1) is 0 Å². The molecule has 1 atom stereocenters. The van der Waals surface area contributed by atoms with Crippen molar-refractivity contribution in [3.05, 3.63) is 27.7 Å². The number of rotatable bonds is 4. The van der Waals surface area contributed by atoms with E-state index in [2.05, 4.69) is 0 Å². The van der Waals surface area contributed by atoms with Gasteiger partial charge in [-0.2, -0.15) is 4.31 Å². The van der Waals surface area contributed by atoms with E-state index in [1.54, 1.807) is 0 Å². The highest BCUT2D eigenvalue weighted by Gasteiger charge is 2.34. The van der Waals surface area contributed by atoms with Crippen LogP contribution in [0.15, 0.2) is 17.0 Å². The Bertz CT molecular complexity index is 675. The minimum atomic E-state index is -3.81. The van der Waals surface area contributed by atoms with Crippen molar-refractivity contribution >= 4 is 39.2 Å². The maximum atomic E-state index is 12.6. The molecule has 1 N–H and O–H groups in total. The van der Waals surface area contributed by atoms with Crippen molar-refractivity contribution in [3.8, 4) is 0 Å². The number of halogens is 2. The number of benzene rings is 1. The van der Waals surface area contributed by atoms with E-state index in [1.807, 2.05) is 6.92 Å². The number of carboxylic acid groups (broad SMARTS) is 1. The first-order valence-electron chi connectivity index (χ1n) is 6.49. The molecule has 0 aliphatic carbocycles. The number of hydrogen-bond acceptors (Lipinski definition) is 3. The van der Waals surface area contributed by atoms with Gasteiger partial charge in [0.2, 0.25) is 10.0 Å². The first kappa shape index (κ1) is 16.5. The molecule has 1 aromatic rings. The highest BCUT2D eigenvalue weighted by atomic mass is 35.5. The van der Waals surface area contributed by atoms with Crippen LogP contribution in [0, 0.1) is 5.92 Å². The first-order chi connectivity index (χ1) is 9.77. The molecule has 0 aromatic heterocycles. The summed E-state index contributed by atoms with van der Waals surface area (Å²) < 4.78 is 26.6. The summed E-state index contributed by atoms with van der Waals surface area (Å²) >= 11 is 11.7. The van der Waals surface area contributed by atoms with Gasteiger partial charge >= 0.3 is 5.97 Å². The number of hydrogen-bond donors (Lipinski definition) is 1. The molecule has 1 heterocycles. The fourth-order valence-corrected chi connectivity index (χ4v) is 4.74. The lowest BCUT2D eigenvalue weighted by molar-refractivity contribution is 0.0697. The monoisotopic (exact) mass is 351 g/mol. The smallest absolute Gasteiger partial charge is 0.337 e. The standard InChI is InChI=1S/C13H15Cl2NO4S/c1-2-8-3-4-16(7-8)21(19,20)12-5-9(13(17)18)10(14)6-11(12)15/h5-6,8H,2-4,7H2,1H3,(H,17,18). The number of carboxylic acids is 1. The summed E-state index contributed by atoms with van der Waals surface area (Å²) in [5, 5.41) is 8.91. The summed E-state index contributed by atoms with van der Waals surface area (Å²) in [6, 6.07) is 2.19. The number of nitrogens with zero attached hydrogens (tertiary/aromatic N) is 1. The molecule has 2 rings (SSSR count). The third-order valence-corrected chi connectivity index (χ3v) is 6.34. The maximum Gasteiger partial charge on any atom is 0.337 e. The Morgan fingerprint density at radius 3 is 2.57 bits per heavy atom. The zero-order valence-electron chi connectivity index (χ0n) is 11.3. The molecule has 1 fully saturated rings. The fourth-order valence-electron chi connectivity index (χ4n) is 2.38. The van der Waals surface area contributed by atoms with Crippen molar-refractivity contribution in [2.24, 2.45) is 5.92 Å². The van der Waals surface area contributed by atoms with Gasteiger partial charge in [-0.3, -0.25) is 0 Å². The topological polar surface area (TPSA) is 74.7 Å². The molecular weight excluding hydrogens is 337 g/mol. The zero-order valence-corrected chi connectivity index (χ0v) is 13.7. The van der Waals surface area contributed by atoms with E-state index in [0.29, 0.717) is 19.0 Å². The van der Waals surface area contributed by atoms with Gasteiger partial charge in [0.1, 0.15) is 4.90 Å². The number of sulfonamides is 1. The fraction of sp³-hybridized carbons (Fsp3) is 0.462. The van der Waals surface area contributed by atoms with Gasteiger partial charge in [0.25, 0.3) is 0 Å². The third kappa shape index (κ3) is 3.18. The molecule has 1 aliphatic heterocycles. The summed E-state index contributed by atoms with van der Waals surface area (Å²) in [5.74, 6) is -0.967. The Balaban J connectivity index is 2.45. The minimum Gasteiger partial charge on any atom is -0.478 e. The minimum absolute atomic E-state index is 0.0649. The largest absolute Gasteiger partial charge is 0.478 e. The van der Waals surface area contributed by atoms with Crippen LogP contribution >= 0.6 is 23.2 Å². The second kappa shape index (κ2) is 6.12. The van der Waals surface area contributed by atoms with Crippen LogP contribution in [0.1, 0.15) is 30.1 Å². The zero-order chi connectivity index (χ0) is 15.8. The van der Waals surface area contributed by atoms with E-state index in [9.17, 15) is 13.2 Å². The molecule has 0 radical (unpaired) electrons. The van der Waals surface area contributed by atoms with E-state index >= 15 is 0 Å². The quantitative estimate of drug-likeness (QED) is 0.904. The molecular formula is C13H15Cl2NO4S. The van der Waals surface area contributed by atoms with E-state index in [1.165, 1.54) is 4.31 Å². The van der Waals surface area contributed by atoms with Crippen LogP contribution < -0.4 is 0 Å². The van der Waals surface area contributed by atoms with Crippen molar-refractivity contribution in [1.29, 1.82) is 0 Å². The van der Waals surface area contributed by atoms with E-state index in [0.717, 1.165) is 25.0 Å². The molecule has 1 aromatic carbocycles. The molecule has 0 spiro atoms. The Labute approximate surface area is 133 Å². The molecule has 1 aliphatic rings. The average molecular weight is 352 g/mol. The third-order valence-electron chi connectivity index (χ3n) is 3.70. The Morgan fingerprint density at radius 1 is 1.38 bits per heavy atom. The predicted octanol–water partition coefficient (Wildman–Crippen LogP) is 3.11. The summed E-state index contributed by atoms with van der Waals surface area (Å²) in [6.45, 7) is 2.86.